The van der Waals surface area contributed by atoms with Gasteiger partial charge in [-0.15, -0.1) is 0 Å². The number of amides is 1. The summed E-state index contributed by atoms with van der Waals surface area (Å²) in [5.74, 6) is 0.497. The third-order valence-electron chi connectivity index (χ3n) is 5.24. The summed E-state index contributed by atoms with van der Waals surface area (Å²) in [6.45, 7) is 5.86. The number of benzene rings is 2. The Morgan fingerprint density at radius 1 is 1.03 bits per heavy atom. The minimum Gasteiger partial charge on any atom is -0.497 e. The lowest BCUT2D eigenvalue weighted by Gasteiger charge is -2.13. The topological polar surface area (TPSA) is 77.6 Å². The third-order valence-corrected chi connectivity index (χ3v) is 5.24. The van der Waals surface area contributed by atoms with Gasteiger partial charge in [0.2, 0.25) is 5.91 Å². The van der Waals surface area contributed by atoms with Gasteiger partial charge in [-0.25, -0.2) is 4.52 Å². The number of rotatable bonds is 5. The molecular weight excluding hydrogens is 392 g/mol. The van der Waals surface area contributed by atoms with E-state index in [1.807, 2.05) is 57.2 Å². The van der Waals surface area contributed by atoms with E-state index >= 15 is 0 Å². The summed E-state index contributed by atoms with van der Waals surface area (Å²) in [5, 5.41) is 7.42. The Hall–Kier alpha value is -3.87. The first-order chi connectivity index (χ1) is 14.9. The molecule has 2 aromatic carbocycles. The molecule has 4 aromatic rings. The van der Waals surface area contributed by atoms with Gasteiger partial charge in [0.25, 0.3) is 5.56 Å². The van der Waals surface area contributed by atoms with E-state index in [1.54, 1.807) is 25.6 Å². The van der Waals surface area contributed by atoms with E-state index < -0.39 is 0 Å². The maximum Gasteiger partial charge on any atom is 0.277 e. The zero-order chi connectivity index (χ0) is 22.1. The molecule has 0 radical (unpaired) electrons. The van der Waals surface area contributed by atoms with Gasteiger partial charge in [0.15, 0.2) is 0 Å². The van der Waals surface area contributed by atoms with Crippen LogP contribution in [-0.4, -0.2) is 27.2 Å². The number of fused-ring (bicyclic) bond motifs is 1. The van der Waals surface area contributed by atoms with Gasteiger partial charge in [0.1, 0.15) is 17.8 Å². The monoisotopic (exact) mass is 416 g/mol. The van der Waals surface area contributed by atoms with Crippen molar-refractivity contribution in [3.8, 4) is 17.0 Å². The molecule has 31 heavy (non-hydrogen) atoms. The first-order valence-electron chi connectivity index (χ1n) is 9.96. The average molecular weight is 416 g/mol. The van der Waals surface area contributed by atoms with Gasteiger partial charge < -0.3 is 14.6 Å². The highest BCUT2D eigenvalue weighted by Crippen LogP contribution is 2.23. The molecular formula is C24H24N4O3. The molecule has 2 heterocycles. The molecule has 0 saturated heterocycles. The van der Waals surface area contributed by atoms with Crippen LogP contribution in [0.15, 0.2) is 59.7 Å². The summed E-state index contributed by atoms with van der Waals surface area (Å²) in [7, 11) is 1.61. The van der Waals surface area contributed by atoms with Crippen molar-refractivity contribution < 1.29 is 9.53 Å². The molecule has 7 heteroatoms. The Balaban J connectivity index is 1.59. The number of ether oxygens (including phenoxy) is 1. The van der Waals surface area contributed by atoms with E-state index in [0.29, 0.717) is 11.2 Å². The maximum atomic E-state index is 12.9. The van der Waals surface area contributed by atoms with Crippen LogP contribution >= 0.6 is 0 Å². The van der Waals surface area contributed by atoms with Crippen LogP contribution in [0.1, 0.15) is 16.7 Å². The first kappa shape index (κ1) is 20.4. The molecule has 7 nitrogen and oxygen atoms in total. The Morgan fingerprint density at radius 2 is 1.71 bits per heavy atom. The van der Waals surface area contributed by atoms with E-state index in [9.17, 15) is 9.59 Å². The van der Waals surface area contributed by atoms with Crippen LogP contribution in [0.2, 0.25) is 0 Å². The fourth-order valence-corrected chi connectivity index (χ4v) is 3.76. The van der Waals surface area contributed by atoms with E-state index in [-0.39, 0.29) is 18.0 Å². The number of anilines is 1. The van der Waals surface area contributed by atoms with Gasteiger partial charge in [-0.05, 0) is 62.2 Å². The number of nitrogens with one attached hydrogen (secondary N) is 1. The Labute approximate surface area is 179 Å². The summed E-state index contributed by atoms with van der Waals surface area (Å²) in [5.41, 5.74) is 5.60. The molecule has 2 aromatic heterocycles. The molecule has 1 amide bonds. The van der Waals surface area contributed by atoms with Crippen molar-refractivity contribution >= 4 is 17.1 Å². The minimum atomic E-state index is -0.276. The summed E-state index contributed by atoms with van der Waals surface area (Å²) < 4.78 is 8.11. The van der Waals surface area contributed by atoms with Crippen molar-refractivity contribution in [2.45, 2.75) is 27.3 Å². The fourth-order valence-electron chi connectivity index (χ4n) is 3.76. The van der Waals surface area contributed by atoms with Crippen LogP contribution < -0.4 is 15.6 Å². The van der Waals surface area contributed by atoms with Crippen LogP contribution in [0, 0.1) is 20.8 Å². The number of hydrogen-bond acceptors (Lipinski definition) is 4. The Morgan fingerprint density at radius 3 is 2.35 bits per heavy atom. The maximum absolute atomic E-state index is 12.9. The zero-order valence-electron chi connectivity index (χ0n) is 18.0. The summed E-state index contributed by atoms with van der Waals surface area (Å²) in [6.07, 6.45) is 3.26. The van der Waals surface area contributed by atoms with Crippen LogP contribution in [0.25, 0.3) is 16.8 Å². The molecule has 0 unspecified atom stereocenters. The quantitative estimate of drug-likeness (QED) is 0.538. The van der Waals surface area contributed by atoms with E-state index in [1.165, 1.54) is 9.08 Å². The Kier molecular flexibility index (Phi) is 5.33. The summed E-state index contributed by atoms with van der Waals surface area (Å²) in [4.78, 5) is 25.6. The predicted molar refractivity (Wildman–Crippen MR) is 121 cm³/mol. The highest BCUT2D eigenvalue weighted by molar-refractivity contribution is 5.92. The van der Waals surface area contributed by atoms with Gasteiger partial charge in [-0.1, -0.05) is 17.7 Å². The number of aromatic nitrogens is 3. The highest BCUT2D eigenvalue weighted by atomic mass is 16.5. The predicted octanol–water partition coefficient (Wildman–Crippen LogP) is 3.74. The smallest absolute Gasteiger partial charge is 0.277 e. The van der Waals surface area contributed by atoms with Crippen LogP contribution in [0.3, 0.4) is 0 Å². The molecule has 4 rings (SSSR count). The molecule has 0 saturated carbocycles. The lowest BCUT2D eigenvalue weighted by Crippen LogP contribution is -2.28. The molecule has 0 aliphatic heterocycles. The molecule has 1 N–H and O–H groups in total. The van der Waals surface area contributed by atoms with Gasteiger partial charge in [0, 0.05) is 23.6 Å². The second kappa shape index (κ2) is 8.10. The molecule has 0 aliphatic rings. The largest absolute Gasteiger partial charge is 0.497 e. The van der Waals surface area contributed by atoms with Crippen LogP contribution in [0.5, 0.6) is 5.75 Å². The van der Waals surface area contributed by atoms with Gasteiger partial charge in [-0.3, -0.25) is 9.59 Å². The van der Waals surface area contributed by atoms with Crippen molar-refractivity contribution in [2.75, 3.05) is 12.4 Å². The summed E-state index contributed by atoms with van der Waals surface area (Å²) in [6, 6.07) is 13.2. The lowest BCUT2D eigenvalue weighted by atomic mass is 10.1. The number of nitrogens with zero attached hydrogens (tertiary/aromatic N) is 3. The number of aryl methyl sites for hydroxylation is 3. The molecule has 0 atom stereocenters. The number of hydrogen-bond donors (Lipinski definition) is 1. The van der Waals surface area contributed by atoms with E-state index in [2.05, 4.69) is 10.4 Å². The fraction of sp³-hybridized carbons (Fsp3) is 0.208. The number of carbonyl (C=O) groups excluding carboxylic acids is 1. The Bertz CT molecular complexity index is 1310. The van der Waals surface area contributed by atoms with Gasteiger partial charge in [-0.2, -0.15) is 5.10 Å². The van der Waals surface area contributed by atoms with Crippen LogP contribution in [-0.2, 0) is 11.3 Å². The van der Waals surface area contributed by atoms with E-state index in [4.69, 9.17) is 4.74 Å². The first-order valence-corrected chi connectivity index (χ1v) is 9.96. The second-order valence-corrected chi connectivity index (χ2v) is 7.64. The average Bonchev–Trinajstić information content (AvgIpc) is 3.18. The standard InChI is InChI=1S/C24H24N4O3/c1-15-11-16(2)23(17(3)12-15)25-22(29)14-27-9-10-28-21(24(27)30)13-20(26-28)18-5-7-19(31-4)8-6-18/h5-13H,14H2,1-4H3,(H,25,29). The lowest BCUT2D eigenvalue weighted by molar-refractivity contribution is -0.116. The van der Waals surface area contributed by atoms with E-state index in [0.717, 1.165) is 33.7 Å². The van der Waals surface area contributed by atoms with Crippen LogP contribution in [0.4, 0.5) is 5.69 Å². The normalized spacial score (nSPS) is 11.0. The molecule has 0 fully saturated rings. The number of carbonyl (C=O) groups is 1. The third kappa shape index (κ3) is 4.07. The van der Waals surface area contributed by atoms with Crippen molar-refractivity contribution in [3.05, 3.63) is 81.9 Å². The molecule has 0 bridgehead atoms. The highest BCUT2D eigenvalue weighted by Gasteiger charge is 2.13. The van der Waals surface area contributed by atoms with Crippen molar-refractivity contribution in [1.82, 2.24) is 14.2 Å². The van der Waals surface area contributed by atoms with Crippen molar-refractivity contribution in [3.63, 3.8) is 0 Å². The SMILES string of the molecule is COc1ccc(-c2cc3c(=O)n(CC(=O)Nc4c(C)cc(C)cc4C)ccn3n2)cc1. The number of methoxy groups -OCH3 is 1. The zero-order valence-corrected chi connectivity index (χ0v) is 18.0. The van der Waals surface area contributed by atoms with Gasteiger partial charge >= 0.3 is 0 Å². The molecule has 158 valence electrons. The molecule has 0 aliphatic carbocycles. The van der Waals surface area contributed by atoms with Gasteiger partial charge in [0.05, 0.1) is 12.8 Å². The molecule has 0 spiro atoms. The van der Waals surface area contributed by atoms with Crippen molar-refractivity contribution in [1.29, 1.82) is 0 Å². The second-order valence-electron chi connectivity index (χ2n) is 7.64. The van der Waals surface area contributed by atoms with Crippen molar-refractivity contribution in [2.24, 2.45) is 0 Å². The minimum absolute atomic E-state index is 0.0782. The summed E-state index contributed by atoms with van der Waals surface area (Å²) >= 11 is 0.